The molecule has 0 saturated carbocycles. The molecular formula is C10H9ClINO3. The van der Waals surface area contributed by atoms with Gasteiger partial charge in [0.2, 0.25) is 0 Å². The van der Waals surface area contributed by atoms with Gasteiger partial charge in [-0.2, -0.15) is 0 Å². The second kappa shape index (κ2) is 6.70. The molecule has 0 atom stereocenters. The molecule has 0 amide bonds. The largest absolute Gasteiger partial charge is 0.487 e. The van der Waals surface area contributed by atoms with Crippen LogP contribution in [0.15, 0.2) is 24.3 Å². The Hall–Kier alpha value is -0.820. The van der Waals surface area contributed by atoms with Crippen molar-refractivity contribution in [3.63, 3.8) is 0 Å². The third-order valence-electron chi connectivity index (χ3n) is 1.57. The first-order valence-corrected chi connectivity index (χ1v) is 5.78. The van der Waals surface area contributed by atoms with E-state index in [1.54, 1.807) is 18.2 Å². The average molecular weight is 354 g/mol. The first-order valence-electron chi connectivity index (χ1n) is 4.33. The predicted molar refractivity (Wildman–Crippen MR) is 68.6 cm³/mol. The highest BCUT2D eigenvalue weighted by molar-refractivity contribution is 14.1. The number of carbonyl (C=O) groups excluding carboxylic acids is 1. The molecule has 0 unspecified atom stereocenters. The van der Waals surface area contributed by atoms with Crippen LogP contribution in [0.3, 0.4) is 0 Å². The summed E-state index contributed by atoms with van der Waals surface area (Å²) in [7, 11) is 1.32. The number of halogens is 2. The van der Waals surface area contributed by atoms with Crippen molar-refractivity contribution >= 4 is 40.2 Å². The highest BCUT2D eigenvalue weighted by atomic mass is 127. The second-order valence-electron chi connectivity index (χ2n) is 2.66. The molecule has 0 aliphatic carbocycles. The molecule has 0 fully saturated rings. The number of hydrogen-bond donors (Lipinski definition) is 0. The summed E-state index contributed by atoms with van der Waals surface area (Å²) in [6.45, 7) is 0.272. The van der Waals surface area contributed by atoms with Crippen LogP contribution < -0.4 is 4.74 Å². The van der Waals surface area contributed by atoms with Gasteiger partial charge in [0, 0.05) is 6.08 Å². The van der Waals surface area contributed by atoms with Gasteiger partial charge < -0.3 is 9.47 Å². The zero-order chi connectivity index (χ0) is 12.0. The Balaban J connectivity index is 2.49. The summed E-state index contributed by atoms with van der Waals surface area (Å²) in [4.78, 5) is 14.8. The molecule has 0 N–H and O–H groups in total. The van der Waals surface area contributed by atoms with Crippen LogP contribution in [0, 0.1) is 3.70 Å². The van der Waals surface area contributed by atoms with Crippen LogP contribution in [0.1, 0.15) is 0 Å². The fraction of sp³-hybridized carbons (Fsp3) is 0.200. The van der Waals surface area contributed by atoms with E-state index in [2.05, 4.69) is 9.72 Å². The van der Waals surface area contributed by atoms with Gasteiger partial charge in [-0.25, -0.2) is 9.78 Å². The zero-order valence-electron chi connectivity index (χ0n) is 8.44. The molecule has 4 nitrogen and oxygen atoms in total. The highest BCUT2D eigenvalue weighted by Gasteiger charge is 2.01. The molecule has 1 aromatic rings. The van der Waals surface area contributed by atoms with Crippen molar-refractivity contribution in [3.05, 3.63) is 33.1 Å². The predicted octanol–water partition coefficient (Wildman–Crippen LogP) is 2.45. The van der Waals surface area contributed by atoms with Crippen molar-refractivity contribution in [3.8, 4) is 5.75 Å². The van der Waals surface area contributed by atoms with Crippen molar-refractivity contribution in [1.82, 2.24) is 4.98 Å². The topological polar surface area (TPSA) is 48.4 Å². The molecule has 0 saturated heterocycles. The van der Waals surface area contributed by atoms with Gasteiger partial charge in [-0.05, 0) is 40.8 Å². The molecule has 0 radical (unpaired) electrons. The number of methoxy groups -OCH3 is 1. The summed E-state index contributed by atoms with van der Waals surface area (Å²) in [5, 5.41) is 0.418. The number of carbonyl (C=O) groups is 1. The summed E-state index contributed by atoms with van der Waals surface area (Å²) in [5.41, 5.74) is 0. The van der Waals surface area contributed by atoms with Crippen LogP contribution in [0.2, 0.25) is 5.15 Å². The molecule has 0 aliphatic rings. The first-order chi connectivity index (χ1) is 7.63. The van der Waals surface area contributed by atoms with Crippen LogP contribution >= 0.6 is 34.2 Å². The van der Waals surface area contributed by atoms with Crippen molar-refractivity contribution in [1.29, 1.82) is 0 Å². The van der Waals surface area contributed by atoms with Crippen LogP contribution in [0.4, 0.5) is 0 Å². The number of ether oxygens (including phenoxy) is 2. The molecule has 16 heavy (non-hydrogen) atoms. The van der Waals surface area contributed by atoms with Crippen LogP contribution in [0.25, 0.3) is 0 Å². The molecule has 0 bridgehead atoms. The lowest BCUT2D eigenvalue weighted by Gasteiger charge is -2.04. The summed E-state index contributed by atoms with van der Waals surface area (Å²) in [6, 6.07) is 3.37. The normalized spacial score (nSPS) is 10.4. The number of hydrogen-bond acceptors (Lipinski definition) is 4. The lowest BCUT2D eigenvalue weighted by atomic mass is 10.4. The van der Waals surface area contributed by atoms with Gasteiger partial charge in [-0.1, -0.05) is 11.6 Å². The Morgan fingerprint density at radius 3 is 3.00 bits per heavy atom. The molecule has 1 heterocycles. The summed E-state index contributed by atoms with van der Waals surface area (Å²) in [6.07, 6.45) is 2.87. The van der Waals surface area contributed by atoms with Crippen molar-refractivity contribution in [2.75, 3.05) is 13.7 Å². The minimum Gasteiger partial charge on any atom is -0.487 e. The van der Waals surface area contributed by atoms with E-state index < -0.39 is 5.97 Å². The number of esters is 1. The third-order valence-corrected chi connectivity index (χ3v) is 2.55. The SMILES string of the molecule is COC(=O)C=CCOc1ccc(Cl)nc1I. The zero-order valence-corrected chi connectivity index (χ0v) is 11.4. The van der Waals surface area contributed by atoms with Crippen molar-refractivity contribution in [2.24, 2.45) is 0 Å². The fourth-order valence-corrected chi connectivity index (χ4v) is 1.74. The van der Waals surface area contributed by atoms with Gasteiger partial charge in [0.15, 0.2) is 5.75 Å². The Labute approximate surface area is 112 Å². The molecule has 86 valence electrons. The number of pyridine rings is 1. The number of aromatic nitrogens is 1. The van der Waals surface area contributed by atoms with Gasteiger partial charge in [0.1, 0.15) is 15.5 Å². The molecule has 0 spiro atoms. The van der Waals surface area contributed by atoms with Crippen LogP contribution in [-0.4, -0.2) is 24.7 Å². The average Bonchev–Trinajstić information content (AvgIpc) is 2.26. The summed E-state index contributed by atoms with van der Waals surface area (Å²) >= 11 is 7.71. The fourth-order valence-electron chi connectivity index (χ4n) is 0.857. The second-order valence-corrected chi connectivity index (χ2v) is 4.07. The molecule has 6 heteroatoms. The monoisotopic (exact) mass is 353 g/mol. The minimum absolute atomic E-state index is 0.272. The molecule has 0 aliphatic heterocycles. The molecule has 0 aromatic carbocycles. The third kappa shape index (κ3) is 4.36. The van der Waals surface area contributed by atoms with E-state index in [4.69, 9.17) is 16.3 Å². The summed E-state index contributed by atoms with van der Waals surface area (Å²) in [5.74, 6) is 0.215. The molecule has 1 aromatic heterocycles. The van der Waals surface area contributed by atoms with E-state index in [1.807, 2.05) is 22.6 Å². The van der Waals surface area contributed by atoms with Gasteiger partial charge >= 0.3 is 5.97 Å². The standard InChI is InChI=1S/C10H9ClINO3/c1-15-9(14)3-2-6-16-7-4-5-8(11)13-10(7)12/h2-5H,6H2,1H3. The van der Waals surface area contributed by atoms with E-state index in [0.29, 0.717) is 14.6 Å². The van der Waals surface area contributed by atoms with Crippen LogP contribution in [0.5, 0.6) is 5.75 Å². The van der Waals surface area contributed by atoms with Crippen molar-refractivity contribution in [2.45, 2.75) is 0 Å². The minimum atomic E-state index is -0.410. The van der Waals surface area contributed by atoms with Gasteiger partial charge in [-0.3, -0.25) is 0 Å². The summed E-state index contributed by atoms with van der Waals surface area (Å²) < 4.78 is 10.5. The van der Waals surface area contributed by atoms with Crippen LogP contribution in [-0.2, 0) is 9.53 Å². The van der Waals surface area contributed by atoms with E-state index >= 15 is 0 Å². The maximum Gasteiger partial charge on any atom is 0.330 e. The van der Waals surface area contributed by atoms with E-state index in [1.165, 1.54) is 13.2 Å². The lowest BCUT2D eigenvalue weighted by Crippen LogP contribution is -1.99. The number of rotatable bonds is 4. The van der Waals surface area contributed by atoms with Gasteiger partial charge in [0.05, 0.1) is 7.11 Å². The molecule has 1 rings (SSSR count). The van der Waals surface area contributed by atoms with Gasteiger partial charge in [-0.15, -0.1) is 0 Å². The Bertz CT molecular complexity index is 409. The van der Waals surface area contributed by atoms with Gasteiger partial charge in [0.25, 0.3) is 0 Å². The van der Waals surface area contributed by atoms with Crippen molar-refractivity contribution < 1.29 is 14.3 Å². The lowest BCUT2D eigenvalue weighted by molar-refractivity contribution is -0.134. The number of nitrogens with zero attached hydrogens (tertiary/aromatic N) is 1. The smallest absolute Gasteiger partial charge is 0.330 e. The van der Waals surface area contributed by atoms with E-state index in [0.717, 1.165) is 0 Å². The highest BCUT2D eigenvalue weighted by Crippen LogP contribution is 2.20. The quantitative estimate of drug-likeness (QED) is 0.361. The first kappa shape index (κ1) is 13.2. The van der Waals surface area contributed by atoms with E-state index in [-0.39, 0.29) is 6.61 Å². The Kier molecular flexibility index (Phi) is 5.54. The Morgan fingerprint density at radius 1 is 1.62 bits per heavy atom. The maximum absolute atomic E-state index is 10.7. The van der Waals surface area contributed by atoms with E-state index in [9.17, 15) is 4.79 Å². The maximum atomic E-state index is 10.7. The Morgan fingerprint density at radius 2 is 2.38 bits per heavy atom. The molecular weight excluding hydrogens is 344 g/mol.